The molecule has 1 fully saturated rings. The molecular formula is C24H23N5O5. The van der Waals surface area contributed by atoms with Crippen molar-refractivity contribution < 1.29 is 14.5 Å². The predicted octanol–water partition coefficient (Wildman–Crippen LogP) is 3.57. The van der Waals surface area contributed by atoms with Gasteiger partial charge in [0.1, 0.15) is 18.8 Å². The molecule has 0 N–H and O–H groups in total. The second-order valence-corrected chi connectivity index (χ2v) is 8.03. The topological polar surface area (TPSA) is 131 Å². The zero-order chi connectivity index (χ0) is 24.1. The molecule has 1 saturated heterocycles. The Kier molecular flexibility index (Phi) is 6.82. The summed E-state index contributed by atoms with van der Waals surface area (Å²) in [7, 11) is 0. The van der Waals surface area contributed by atoms with Crippen molar-refractivity contribution in [2.75, 3.05) is 18.0 Å². The lowest BCUT2D eigenvalue weighted by Crippen LogP contribution is -2.26. The van der Waals surface area contributed by atoms with Crippen molar-refractivity contribution >= 4 is 28.2 Å². The van der Waals surface area contributed by atoms with E-state index in [1.807, 2.05) is 11.0 Å². The number of ether oxygens (including phenoxy) is 1. The normalized spacial score (nSPS) is 13.8. The Morgan fingerprint density at radius 1 is 1.15 bits per heavy atom. The molecule has 0 saturated carbocycles. The van der Waals surface area contributed by atoms with E-state index in [0.29, 0.717) is 16.6 Å². The van der Waals surface area contributed by atoms with Crippen LogP contribution in [0.5, 0.6) is 0 Å². The zero-order valence-corrected chi connectivity index (χ0v) is 18.5. The molecule has 0 radical (unpaired) electrons. The number of hydrogen-bond donors (Lipinski definition) is 0. The minimum Gasteiger partial charge on any atom is -0.454 e. The number of nitro groups is 1. The van der Waals surface area contributed by atoms with E-state index in [9.17, 15) is 19.7 Å². The van der Waals surface area contributed by atoms with Crippen molar-refractivity contribution in [3.8, 4) is 6.07 Å². The SMILES string of the molecule is N#CCn1c(COC(=O)c2ccc(N3CCCCCC3)c([N+](=O)[O-])c2)nc2ccccc2c1=O. The second kappa shape index (κ2) is 10.1. The molecule has 0 atom stereocenters. The lowest BCUT2D eigenvalue weighted by Gasteiger charge is -2.22. The molecular weight excluding hydrogens is 438 g/mol. The standard InChI is InChI=1S/C24H23N5O5/c25-11-14-28-22(26-19-8-4-3-7-18(19)23(28)30)16-34-24(31)17-9-10-20(21(15-17)29(32)33)27-12-5-1-2-6-13-27/h3-4,7-10,15H,1-2,5-6,12-14,16H2. The molecule has 1 aliphatic rings. The highest BCUT2D eigenvalue weighted by Crippen LogP contribution is 2.31. The van der Waals surface area contributed by atoms with Gasteiger partial charge in [-0.2, -0.15) is 5.26 Å². The number of nitriles is 1. The molecule has 3 aromatic rings. The average molecular weight is 461 g/mol. The van der Waals surface area contributed by atoms with Gasteiger partial charge in [-0.3, -0.25) is 19.5 Å². The van der Waals surface area contributed by atoms with Crippen LogP contribution in [0.25, 0.3) is 10.9 Å². The van der Waals surface area contributed by atoms with Gasteiger partial charge >= 0.3 is 5.97 Å². The number of hydrogen-bond acceptors (Lipinski definition) is 8. The molecule has 0 bridgehead atoms. The Morgan fingerprint density at radius 2 is 1.88 bits per heavy atom. The monoisotopic (exact) mass is 461 g/mol. The van der Waals surface area contributed by atoms with Gasteiger partial charge in [0.15, 0.2) is 5.82 Å². The van der Waals surface area contributed by atoms with Gasteiger partial charge in [0, 0.05) is 19.2 Å². The van der Waals surface area contributed by atoms with E-state index >= 15 is 0 Å². The lowest BCUT2D eigenvalue weighted by atomic mass is 10.1. The molecule has 2 heterocycles. The Morgan fingerprint density at radius 3 is 2.59 bits per heavy atom. The second-order valence-electron chi connectivity index (χ2n) is 8.03. The highest BCUT2D eigenvalue weighted by molar-refractivity contribution is 5.91. The highest BCUT2D eigenvalue weighted by Gasteiger charge is 2.23. The molecule has 10 nitrogen and oxygen atoms in total. The smallest absolute Gasteiger partial charge is 0.338 e. The molecule has 2 aromatic carbocycles. The molecule has 0 aliphatic carbocycles. The fourth-order valence-corrected chi connectivity index (χ4v) is 4.15. The molecule has 1 aromatic heterocycles. The number of anilines is 1. The van der Waals surface area contributed by atoms with Crippen molar-refractivity contribution in [2.45, 2.75) is 38.8 Å². The van der Waals surface area contributed by atoms with Gasteiger partial charge in [-0.25, -0.2) is 9.78 Å². The van der Waals surface area contributed by atoms with E-state index in [4.69, 9.17) is 10.00 Å². The van der Waals surface area contributed by atoms with E-state index in [2.05, 4.69) is 4.98 Å². The number of esters is 1. The van der Waals surface area contributed by atoms with E-state index in [-0.39, 0.29) is 30.2 Å². The molecule has 0 amide bonds. The molecule has 34 heavy (non-hydrogen) atoms. The van der Waals surface area contributed by atoms with Gasteiger partial charge in [0.2, 0.25) is 0 Å². The molecule has 174 valence electrons. The van der Waals surface area contributed by atoms with Gasteiger partial charge in [0.05, 0.1) is 27.5 Å². The van der Waals surface area contributed by atoms with E-state index in [1.165, 1.54) is 12.1 Å². The van der Waals surface area contributed by atoms with Crippen molar-refractivity contribution in [3.63, 3.8) is 0 Å². The number of rotatable bonds is 6. The fourth-order valence-electron chi connectivity index (χ4n) is 4.15. The first kappa shape index (κ1) is 22.9. The first-order valence-electron chi connectivity index (χ1n) is 11.1. The number of carbonyl (C=O) groups excluding carboxylic acids is 1. The third-order valence-corrected chi connectivity index (χ3v) is 5.86. The summed E-state index contributed by atoms with van der Waals surface area (Å²) in [5, 5.41) is 21.2. The van der Waals surface area contributed by atoms with Gasteiger partial charge in [-0.15, -0.1) is 0 Å². The lowest BCUT2D eigenvalue weighted by molar-refractivity contribution is -0.384. The Balaban J connectivity index is 1.59. The molecule has 0 unspecified atom stereocenters. The van der Waals surface area contributed by atoms with Crippen molar-refractivity contribution in [1.82, 2.24) is 9.55 Å². The largest absolute Gasteiger partial charge is 0.454 e. The van der Waals surface area contributed by atoms with Crippen molar-refractivity contribution in [3.05, 3.63) is 74.3 Å². The number of nitrogens with zero attached hydrogens (tertiary/aromatic N) is 5. The minimum atomic E-state index is -0.781. The third kappa shape index (κ3) is 4.73. The summed E-state index contributed by atoms with van der Waals surface area (Å²) in [4.78, 5) is 43.0. The minimum absolute atomic E-state index is 0.0280. The maximum atomic E-state index is 12.7. The van der Waals surface area contributed by atoms with E-state index < -0.39 is 16.5 Å². The first-order chi connectivity index (χ1) is 16.5. The molecule has 4 rings (SSSR count). The summed E-state index contributed by atoms with van der Waals surface area (Å²) in [6, 6.07) is 12.9. The summed E-state index contributed by atoms with van der Waals surface area (Å²) in [5.41, 5.74) is 0.380. The van der Waals surface area contributed by atoms with Crippen LogP contribution < -0.4 is 10.5 Å². The van der Waals surface area contributed by atoms with Crippen molar-refractivity contribution in [1.29, 1.82) is 5.26 Å². The van der Waals surface area contributed by atoms with E-state index in [0.717, 1.165) is 43.3 Å². The maximum absolute atomic E-state index is 12.7. The number of carbonyl (C=O) groups is 1. The molecule has 10 heteroatoms. The van der Waals surface area contributed by atoms with Crippen LogP contribution in [0.1, 0.15) is 41.9 Å². The van der Waals surface area contributed by atoms with Crippen LogP contribution in [0, 0.1) is 21.4 Å². The summed E-state index contributed by atoms with van der Waals surface area (Å²) in [6.45, 7) is 0.852. The summed E-state index contributed by atoms with van der Waals surface area (Å²) >= 11 is 0. The zero-order valence-electron chi connectivity index (χ0n) is 18.5. The van der Waals surface area contributed by atoms with Gasteiger partial charge < -0.3 is 9.64 Å². The van der Waals surface area contributed by atoms with Crippen LogP contribution in [0.15, 0.2) is 47.3 Å². The van der Waals surface area contributed by atoms with Crippen LogP contribution in [-0.2, 0) is 17.9 Å². The van der Waals surface area contributed by atoms with E-state index in [1.54, 1.807) is 30.3 Å². The highest BCUT2D eigenvalue weighted by atomic mass is 16.6. The number of benzene rings is 2. The number of para-hydroxylation sites is 1. The van der Waals surface area contributed by atoms with Gasteiger partial charge in [-0.05, 0) is 37.1 Å². The quantitative estimate of drug-likeness (QED) is 0.309. The van der Waals surface area contributed by atoms with Gasteiger partial charge in [0.25, 0.3) is 11.2 Å². The Hall–Kier alpha value is -4.26. The summed E-state index contributed by atoms with van der Waals surface area (Å²) in [5.74, 6) is -0.661. The van der Waals surface area contributed by atoms with Crippen LogP contribution in [0.4, 0.5) is 11.4 Å². The van der Waals surface area contributed by atoms with Crippen LogP contribution in [0.3, 0.4) is 0 Å². The third-order valence-electron chi connectivity index (χ3n) is 5.86. The Labute approximate surface area is 195 Å². The predicted molar refractivity (Wildman–Crippen MR) is 125 cm³/mol. The average Bonchev–Trinajstić information content (AvgIpc) is 3.14. The maximum Gasteiger partial charge on any atom is 0.338 e. The first-order valence-corrected chi connectivity index (χ1v) is 11.1. The molecule has 1 aliphatic heterocycles. The number of aromatic nitrogens is 2. The van der Waals surface area contributed by atoms with Crippen molar-refractivity contribution in [2.24, 2.45) is 0 Å². The van der Waals surface area contributed by atoms with Crippen LogP contribution in [0.2, 0.25) is 0 Å². The van der Waals surface area contributed by atoms with Crippen LogP contribution >= 0.6 is 0 Å². The summed E-state index contributed by atoms with van der Waals surface area (Å²) < 4.78 is 6.49. The summed E-state index contributed by atoms with van der Waals surface area (Å²) in [6.07, 6.45) is 4.11. The number of fused-ring (bicyclic) bond motifs is 1. The number of nitro benzene ring substituents is 1. The fraction of sp³-hybridized carbons (Fsp3) is 0.333. The van der Waals surface area contributed by atoms with Crippen LogP contribution in [-0.4, -0.2) is 33.5 Å². The Bertz CT molecular complexity index is 1340. The van der Waals surface area contributed by atoms with Gasteiger partial charge in [-0.1, -0.05) is 25.0 Å². The molecule has 0 spiro atoms.